The van der Waals surface area contributed by atoms with Gasteiger partial charge in [-0.25, -0.2) is 0 Å². The lowest BCUT2D eigenvalue weighted by Gasteiger charge is -0.00100. The van der Waals surface area contributed by atoms with Gasteiger partial charge in [0.2, 0.25) is 0 Å². The van der Waals surface area contributed by atoms with Crippen LogP contribution in [-0.4, -0.2) is 174 Å². The normalized spacial score (nSPS) is 0. The Labute approximate surface area is 170 Å². The summed E-state index contributed by atoms with van der Waals surface area (Å²) in [6.45, 7) is 0. The minimum Gasteiger partial charge on any atom is 0 e. The van der Waals surface area contributed by atoms with Crippen molar-refractivity contribution < 1.29 is 0 Å². The van der Waals surface area contributed by atoms with E-state index in [1.807, 2.05) is 0 Å². The second kappa shape index (κ2) is 89.7. The van der Waals surface area contributed by atoms with E-state index >= 15 is 0 Å². The maximum Gasteiger partial charge on any atom is 0 e. The third-order valence-electron chi connectivity index (χ3n) is 0. The molecule has 0 rings (SSSR count). The zero-order chi connectivity index (χ0) is 0. The molecule has 0 amide bonds. The fourth-order valence-corrected chi connectivity index (χ4v) is 0. The van der Waals surface area contributed by atoms with Crippen LogP contribution < -0.4 is 0 Å². The SMILES string of the molecule is [Al].[Al].[Al].[Al].[Al].[Al].[Al].[Al].[Al].[Al]. The highest BCUT2D eigenvalue weighted by atomic mass is 27.0. The Hall–Kier alpha value is 5.32. The second-order valence-electron chi connectivity index (χ2n) is 0. The lowest BCUT2D eigenvalue weighted by Crippen LogP contribution is -0.382. The van der Waals surface area contributed by atoms with Crippen molar-refractivity contribution in [3.63, 3.8) is 0 Å². The smallest absolute Gasteiger partial charge is 0 e. The molecule has 10 heavy (non-hydrogen) atoms. The van der Waals surface area contributed by atoms with Crippen LogP contribution in [0.5, 0.6) is 0 Å². The first-order chi connectivity index (χ1) is 0. The molecule has 0 aliphatic rings. The van der Waals surface area contributed by atoms with Gasteiger partial charge in [0, 0.05) is 174 Å². The standard InChI is InChI=1S/10Al. The van der Waals surface area contributed by atoms with Gasteiger partial charge in [-0.05, 0) is 0 Å². The highest BCUT2D eigenvalue weighted by Crippen LogP contribution is -0.372. The predicted octanol–water partition coefficient (Wildman–Crippen LogP) is -3.81. The number of hydrogen-bond donors (Lipinski definition) is 0. The van der Waals surface area contributed by atoms with Crippen LogP contribution >= 0.6 is 0 Å². The van der Waals surface area contributed by atoms with Gasteiger partial charge in [0.1, 0.15) is 0 Å². The van der Waals surface area contributed by atoms with Crippen molar-refractivity contribution in [3.05, 3.63) is 0 Å². The third kappa shape index (κ3) is 71.4. The molecule has 0 aliphatic heterocycles. The monoisotopic (exact) mass is 270 g/mol. The van der Waals surface area contributed by atoms with Crippen molar-refractivity contribution in [1.29, 1.82) is 0 Å². The zero-order valence-electron chi connectivity index (χ0n) is 5.77. The summed E-state index contributed by atoms with van der Waals surface area (Å²) in [7, 11) is 0. The van der Waals surface area contributed by atoms with Gasteiger partial charge in [-0.2, -0.15) is 0 Å². The van der Waals surface area contributed by atoms with Gasteiger partial charge in [0.05, 0.1) is 0 Å². The Bertz CT molecular complexity index is 0. The minimum absolute atomic E-state index is 0. The summed E-state index contributed by atoms with van der Waals surface area (Å²) in [4.78, 5) is 0. The summed E-state index contributed by atoms with van der Waals surface area (Å²) in [5.41, 5.74) is 0. The topological polar surface area (TPSA) is 0 Å². The second-order valence-corrected chi connectivity index (χ2v) is 0. The van der Waals surface area contributed by atoms with Crippen molar-refractivity contribution in [2.24, 2.45) is 0 Å². The largest absolute Gasteiger partial charge is 0 e. The van der Waals surface area contributed by atoms with Gasteiger partial charge >= 0.3 is 0 Å². The van der Waals surface area contributed by atoms with Crippen LogP contribution in [0.2, 0.25) is 0 Å². The Morgan fingerprint density at radius 3 is 0.100 bits per heavy atom. The van der Waals surface area contributed by atoms with Gasteiger partial charge in [0.15, 0.2) is 0 Å². The van der Waals surface area contributed by atoms with Crippen LogP contribution in [0.25, 0.3) is 0 Å². The van der Waals surface area contributed by atoms with E-state index in [9.17, 15) is 0 Å². The van der Waals surface area contributed by atoms with Crippen molar-refractivity contribution in [1.82, 2.24) is 0 Å². The average molecular weight is 270 g/mol. The molecule has 0 unspecified atom stereocenters. The van der Waals surface area contributed by atoms with Crippen molar-refractivity contribution >= 4 is 174 Å². The van der Waals surface area contributed by atoms with Crippen LogP contribution in [0.15, 0.2) is 0 Å². The summed E-state index contributed by atoms with van der Waals surface area (Å²) in [6, 6.07) is 0. The van der Waals surface area contributed by atoms with Crippen LogP contribution in [0.4, 0.5) is 0 Å². The first-order valence-corrected chi connectivity index (χ1v) is 0. The molecule has 0 spiro atoms. The molecule has 0 aromatic carbocycles. The average Bonchev–Trinajstić information content (AvgIpc) is 0. The van der Waals surface area contributed by atoms with E-state index in [4.69, 9.17) is 0 Å². The van der Waals surface area contributed by atoms with Crippen LogP contribution in [0, 0.1) is 0 Å². The number of hydrogen-bond acceptors (Lipinski definition) is 0. The molecule has 0 nitrogen and oxygen atoms in total. The van der Waals surface area contributed by atoms with Crippen molar-refractivity contribution in [2.45, 2.75) is 0 Å². The number of rotatable bonds is 0. The molecule has 30 radical (unpaired) electrons. The van der Waals surface area contributed by atoms with E-state index in [1.165, 1.54) is 0 Å². The quantitative estimate of drug-likeness (QED) is 0.396. The molecule has 10 heteroatoms. The van der Waals surface area contributed by atoms with Gasteiger partial charge in [-0.15, -0.1) is 0 Å². The first kappa shape index (κ1) is 111. The predicted molar refractivity (Wildman–Crippen MR) is 57.5 cm³/mol. The van der Waals surface area contributed by atoms with E-state index < -0.39 is 0 Å². The highest BCUT2D eigenvalue weighted by molar-refractivity contribution is 5.76. The van der Waals surface area contributed by atoms with Gasteiger partial charge in [-0.1, -0.05) is 0 Å². The molecule has 0 heterocycles. The van der Waals surface area contributed by atoms with E-state index in [1.54, 1.807) is 0 Å². The van der Waals surface area contributed by atoms with Crippen LogP contribution in [-0.2, 0) is 0 Å². The van der Waals surface area contributed by atoms with Crippen molar-refractivity contribution in [3.8, 4) is 0 Å². The molecule has 0 N–H and O–H groups in total. The summed E-state index contributed by atoms with van der Waals surface area (Å²) >= 11 is 0. The molecule has 0 atom stereocenters. The third-order valence-corrected chi connectivity index (χ3v) is 0. The molecule has 0 aromatic rings. The van der Waals surface area contributed by atoms with Gasteiger partial charge in [-0.3, -0.25) is 0 Å². The van der Waals surface area contributed by atoms with Crippen LogP contribution in [0.3, 0.4) is 0 Å². The van der Waals surface area contributed by atoms with E-state index in [0.717, 1.165) is 0 Å². The maximum atomic E-state index is 0. The zero-order valence-corrected chi connectivity index (χ0v) is 17.3. The van der Waals surface area contributed by atoms with E-state index in [-0.39, 0.29) is 174 Å². The molecule has 0 saturated heterocycles. The molecule has 0 aromatic heterocycles. The lowest BCUT2D eigenvalue weighted by molar-refractivity contribution is 5.75. The van der Waals surface area contributed by atoms with Gasteiger partial charge < -0.3 is 0 Å². The lowest BCUT2D eigenvalue weighted by atomic mass is 27.0. The van der Waals surface area contributed by atoms with E-state index in [2.05, 4.69) is 0 Å². The summed E-state index contributed by atoms with van der Waals surface area (Å²) in [6.07, 6.45) is 0. The van der Waals surface area contributed by atoms with E-state index in [0.29, 0.717) is 0 Å². The fourth-order valence-electron chi connectivity index (χ4n) is 0. The first-order valence-electron chi connectivity index (χ1n) is 0. The van der Waals surface area contributed by atoms with Crippen LogP contribution in [0.1, 0.15) is 0 Å². The Kier molecular flexibility index (Phi) is 995. The summed E-state index contributed by atoms with van der Waals surface area (Å²) < 4.78 is 0. The summed E-state index contributed by atoms with van der Waals surface area (Å²) in [5.74, 6) is 0. The Morgan fingerprint density at radius 2 is 0.100 bits per heavy atom. The summed E-state index contributed by atoms with van der Waals surface area (Å²) in [5, 5.41) is 0. The molecular weight excluding hydrogens is 270 g/mol. The molecule has 0 aliphatic carbocycles. The van der Waals surface area contributed by atoms with Gasteiger partial charge in [0.25, 0.3) is 0 Å². The Balaban J connectivity index is 0. The van der Waals surface area contributed by atoms with Crippen molar-refractivity contribution in [2.75, 3.05) is 0 Å². The molecule has 0 fully saturated rings. The molecule has 30 valence electrons. The fraction of sp³-hybridized carbons (Fsp3) is 0. The maximum absolute atomic E-state index is 0. The highest BCUT2D eigenvalue weighted by Gasteiger charge is 0.00900. The molecule has 0 saturated carbocycles. The molecular formula is Al10. The minimum atomic E-state index is 0. The Morgan fingerprint density at radius 1 is 0.100 bits per heavy atom. The molecule has 0 bridgehead atoms.